The second-order valence-electron chi connectivity index (χ2n) is 6.86. The van der Waals surface area contributed by atoms with E-state index in [0.717, 1.165) is 53.7 Å². The van der Waals surface area contributed by atoms with Crippen LogP contribution in [0.25, 0.3) is 0 Å². The predicted molar refractivity (Wildman–Crippen MR) is 102 cm³/mol. The van der Waals surface area contributed by atoms with Crippen molar-refractivity contribution in [3.05, 3.63) is 62.6 Å². The molecular formula is C20H19Cl3O2. The molecule has 5 heteroatoms. The lowest BCUT2D eigenvalue weighted by Gasteiger charge is -2.50. The molecule has 0 radical (unpaired) electrons. The third-order valence-corrected chi connectivity index (χ3v) is 6.49. The number of halogens is 3. The van der Waals surface area contributed by atoms with Crippen molar-refractivity contribution in [2.24, 2.45) is 0 Å². The molecule has 1 saturated carbocycles. The average molecular weight is 398 g/mol. The first kappa shape index (κ1) is 17.5. The fourth-order valence-electron chi connectivity index (χ4n) is 4.11. The summed E-state index contributed by atoms with van der Waals surface area (Å²) < 4.78 is 6.18. The van der Waals surface area contributed by atoms with E-state index in [4.69, 9.17) is 39.5 Å². The molecule has 2 aliphatic rings. The third kappa shape index (κ3) is 2.84. The summed E-state index contributed by atoms with van der Waals surface area (Å²) in [6.45, 7) is -0.0118. The summed E-state index contributed by atoms with van der Waals surface area (Å²) >= 11 is 19.2. The first-order valence-electron chi connectivity index (χ1n) is 8.58. The van der Waals surface area contributed by atoms with Crippen LogP contribution in [0, 0.1) is 0 Å². The van der Waals surface area contributed by atoms with E-state index in [0.29, 0.717) is 16.5 Å². The number of fused-ring (bicyclic) bond motifs is 2. The number of ether oxygens (including phenoxy) is 1. The molecule has 2 aromatic rings. The molecule has 0 aromatic heterocycles. The predicted octanol–water partition coefficient (Wildman–Crippen LogP) is 5.85. The van der Waals surface area contributed by atoms with Gasteiger partial charge >= 0.3 is 0 Å². The molecule has 132 valence electrons. The van der Waals surface area contributed by atoms with Crippen LogP contribution in [0.5, 0.6) is 5.75 Å². The molecule has 1 spiro atoms. The van der Waals surface area contributed by atoms with Gasteiger partial charge in [0.05, 0.1) is 17.0 Å². The minimum Gasteiger partial charge on any atom is -0.479 e. The first-order chi connectivity index (χ1) is 12.0. The lowest BCUT2D eigenvalue weighted by Crippen LogP contribution is -2.51. The molecule has 2 unspecified atom stereocenters. The molecule has 25 heavy (non-hydrogen) atoms. The van der Waals surface area contributed by atoms with Crippen molar-refractivity contribution in [1.29, 1.82) is 0 Å². The molecule has 1 aliphatic carbocycles. The number of aliphatic hydroxyl groups excluding tert-OH is 1. The summed E-state index contributed by atoms with van der Waals surface area (Å²) in [5.74, 6) is 0.763. The molecule has 0 bridgehead atoms. The van der Waals surface area contributed by atoms with Gasteiger partial charge in [0.2, 0.25) is 0 Å². The molecule has 1 heterocycles. The fourth-order valence-corrected chi connectivity index (χ4v) is 4.92. The quantitative estimate of drug-likeness (QED) is 0.659. The third-order valence-electron chi connectivity index (χ3n) is 5.38. The minimum atomic E-state index is -0.423. The Bertz CT molecular complexity index is 821. The zero-order valence-electron chi connectivity index (χ0n) is 13.7. The normalized spacial score (nSPS) is 24.6. The van der Waals surface area contributed by atoms with Gasteiger partial charge in [-0.15, -0.1) is 11.6 Å². The van der Waals surface area contributed by atoms with Crippen LogP contribution >= 0.6 is 34.8 Å². The van der Waals surface area contributed by atoms with Crippen molar-refractivity contribution in [2.75, 3.05) is 0 Å². The lowest BCUT2D eigenvalue weighted by atomic mass is 9.72. The molecule has 2 nitrogen and oxygen atoms in total. The maximum absolute atomic E-state index is 9.64. The van der Waals surface area contributed by atoms with Crippen molar-refractivity contribution in [3.8, 4) is 5.75 Å². The zero-order valence-corrected chi connectivity index (χ0v) is 16.0. The number of aliphatic hydroxyl groups is 1. The van der Waals surface area contributed by atoms with Crippen LogP contribution < -0.4 is 4.74 Å². The maximum Gasteiger partial charge on any atom is 0.154 e. The highest BCUT2D eigenvalue weighted by Gasteiger charge is 2.54. The summed E-state index contributed by atoms with van der Waals surface area (Å²) in [7, 11) is 0. The molecule has 4 rings (SSSR count). The Morgan fingerprint density at radius 2 is 1.88 bits per heavy atom. The van der Waals surface area contributed by atoms with Crippen LogP contribution in [0.4, 0.5) is 0 Å². The highest BCUT2D eigenvalue weighted by atomic mass is 35.5. The van der Waals surface area contributed by atoms with E-state index in [1.54, 1.807) is 6.07 Å². The highest BCUT2D eigenvalue weighted by molar-refractivity contribution is 6.32. The second kappa shape index (κ2) is 6.66. The van der Waals surface area contributed by atoms with E-state index in [2.05, 4.69) is 0 Å². The molecule has 0 saturated heterocycles. The molecule has 1 fully saturated rings. The fraction of sp³-hybridized carbons (Fsp3) is 0.400. The molecule has 0 amide bonds. The van der Waals surface area contributed by atoms with Gasteiger partial charge in [0, 0.05) is 10.6 Å². The van der Waals surface area contributed by atoms with Gasteiger partial charge in [-0.25, -0.2) is 0 Å². The van der Waals surface area contributed by atoms with Crippen LogP contribution in [0.2, 0.25) is 10.0 Å². The van der Waals surface area contributed by atoms with Crippen molar-refractivity contribution in [3.63, 3.8) is 0 Å². The number of hydrogen-bond donors (Lipinski definition) is 1. The monoisotopic (exact) mass is 396 g/mol. The van der Waals surface area contributed by atoms with Gasteiger partial charge in [-0.05, 0) is 60.6 Å². The van der Waals surface area contributed by atoms with Crippen molar-refractivity contribution < 1.29 is 9.84 Å². The molecule has 2 aromatic carbocycles. The number of benzene rings is 2. The average Bonchev–Trinajstić information content (AvgIpc) is 2.58. The number of alkyl halides is 1. The Morgan fingerprint density at radius 3 is 2.64 bits per heavy atom. The Morgan fingerprint density at radius 1 is 1.08 bits per heavy atom. The van der Waals surface area contributed by atoms with Crippen LogP contribution in [-0.2, 0) is 18.6 Å². The Labute approximate surface area is 162 Å². The van der Waals surface area contributed by atoms with Gasteiger partial charge in [0.15, 0.2) is 5.60 Å². The molecule has 2 atom stereocenters. The van der Waals surface area contributed by atoms with Gasteiger partial charge in [-0.2, -0.15) is 0 Å². The van der Waals surface area contributed by atoms with Crippen molar-refractivity contribution in [2.45, 2.75) is 49.7 Å². The summed E-state index contributed by atoms with van der Waals surface area (Å²) in [5.41, 5.74) is 3.77. The Balaban J connectivity index is 1.78. The number of hydrogen-bond acceptors (Lipinski definition) is 2. The number of rotatable bonds is 3. The molecule has 1 N–H and O–H groups in total. The van der Waals surface area contributed by atoms with Crippen LogP contribution in [-0.4, -0.2) is 10.5 Å². The lowest BCUT2D eigenvalue weighted by molar-refractivity contribution is -0.0178. The van der Waals surface area contributed by atoms with Crippen LogP contribution in [0.1, 0.15) is 47.9 Å². The van der Waals surface area contributed by atoms with E-state index in [1.807, 2.05) is 24.3 Å². The van der Waals surface area contributed by atoms with Crippen molar-refractivity contribution >= 4 is 34.8 Å². The minimum absolute atomic E-state index is 0.0118. The Hall–Kier alpha value is -0.930. The Kier molecular flexibility index (Phi) is 4.66. The highest BCUT2D eigenvalue weighted by Crippen LogP contribution is 2.58. The largest absolute Gasteiger partial charge is 0.479 e. The van der Waals surface area contributed by atoms with E-state index >= 15 is 0 Å². The van der Waals surface area contributed by atoms with Gasteiger partial charge in [0.1, 0.15) is 5.75 Å². The summed E-state index contributed by atoms with van der Waals surface area (Å²) in [6.07, 6.45) is 4.78. The van der Waals surface area contributed by atoms with E-state index in [-0.39, 0.29) is 12.0 Å². The summed E-state index contributed by atoms with van der Waals surface area (Å²) in [4.78, 5) is 0. The van der Waals surface area contributed by atoms with Gasteiger partial charge < -0.3 is 9.84 Å². The smallest absolute Gasteiger partial charge is 0.154 e. The maximum atomic E-state index is 9.64. The van der Waals surface area contributed by atoms with E-state index in [1.165, 1.54) is 0 Å². The van der Waals surface area contributed by atoms with Crippen molar-refractivity contribution in [1.82, 2.24) is 0 Å². The molecule has 1 aliphatic heterocycles. The van der Waals surface area contributed by atoms with Gasteiger partial charge in [-0.3, -0.25) is 0 Å². The molecular weight excluding hydrogens is 379 g/mol. The van der Waals surface area contributed by atoms with Crippen LogP contribution in [0.3, 0.4) is 0 Å². The standard InChI is InChI=1S/C20H19Cl3O2/c21-15-6-4-13(11-24)14(10-15)9-12-5-7-16(22)19-18(12)20(25-19)8-2-1-3-17(20)23/h4-7,10,17,24H,1-3,8-9,11H2. The van der Waals surface area contributed by atoms with Crippen LogP contribution in [0.15, 0.2) is 30.3 Å². The van der Waals surface area contributed by atoms with Gasteiger partial charge in [0.25, 0.3) is 0 Å². The summed E-state index contributed by atoms with van der Waals surface area (Å²) in [6, 6.07) is 9.51. The van der Waals surface area contributed by atoms with E-state index in [9.17, 15) is 5.11 Å². The topological polar surface area (TPSA) is 29.5 Å². The summed E-state index contributed by atoms with van der Waals surface area (Å²) in [5, 5.41) is 10.9. The second-order valence-corrected chi connectivity index (χ2v) is 8.23. The van der Waals surface area contributed by atoms with E-state index < -0.39 is 5.60 Å². The first-order valence-corrected chi connectivity index (χ1v) is 9.77. The van der Waals surface area contributed by atoms with Gasteiger partial charge in [-0.1, -0.05) is 41.8 Å². The SMILES string of the molecule is OCc1ccc(Cl)cc1Cc1ccc(Cl)c2c1C1(CCCCC1Cl)O2. The zero-order chi connectivity index (χ0) is 17.6.